The highest BCUT2D eigenvalue weighted by atomic mass is 16.6. The average Bonchev–Trinajstić information content (AvgIpc) is 2.97. The summed E-state index contributed by atoms with van der Waals surface area (Å²) in [6, 6.07) is 8.93. The smallest absolute Gasteiger partial charge is 0.329 e. The molecule has 0 bridgehead atoms. The third kappa shape index (κ3) is 3.88. The number of aryl methyl sites for hydroxylation is 1. The minimum Gasteiger partial charge on any atom is -0.454 e. The summed E-state index contributed by atoms with van der Waals surface area (Å²) in [5.74, 6) is -2.88. The van der Waals surface area contributed by atoms with Crippen LogP contribution in [-0.4, -0.2) is 46.2 Å². The lowest BCUT2D eigenvalue weighted by Gasteiger charge is -2.20. The summed E-state index contributed by atoms with van der Waals surface area (Å²) in [6.45, 7) is 2.29. The monoisotopic (exact) mass is 411 g/mol. The van der Waals surface area contributed by atoms with Gasteiger partial charge in [0.2, 0.25) is 0 Å². The summed E-state index contributed by atoms with van der Waals surface area (Å²) in [4.78, 5) is 60.3. The van der Waals surface area contributed by atoms with Crippen molar-refractivity contribution >= 4 is 35.1 Å². The van der Waals surface area contributed by atoms with Crippen LogP contribution in [0.15, 0.2) is 42.5 Å². The first-order valence-electron chi connectivity index (χ1n) is 8.89. The molecule has 1 atom stereocenters. The number of rotatable bonds is 6. The predicted molar refractivity (Wildman–Crippen MR) is 104 cm³/mol. The molecule has 3 amide bonds. The van der Waals surface area contributed by atoms with Gasteiger partial charge in [0.15, 0.2) is 6.61 Å². The van der Waals surface area contributed by atoms with Gasteiger partial charge in [0.05, 0.1) is 21.7 Å². The molecule has 30 heavy (non-hydrogen) atoms. The van der Waals surface area contributed by atoms with Gasteiger partial charge in [-0.05, 0) is 31.5 Å². The number of nitrogens with one attached hydrogen (secondary N) is 1. The maximum atomic E-state index is 12.4. The van der Waals surface area contributed by atoms with Gasteiger partial charge < -0.3 is 10.1 Å². The van der Waals surface area contributed by atoms with Crippen molar-refractivity contribution in [2.45, 2.75) is 19.9 Å². The fraction of sp³-hybridized carbons (Fsp3) is 0.200. The lowest BCUT2D eigenvalue weighted by Crippen LogP contribution is -2.44. The first-order chi connectivity index (χ1) is 14.2. The van der Waals surface area contributed by atoms with Gasteiger partial charge in [0.25, 0.3) is 23.4 Å². The molecule has 154 valence electrons. The molecule has 1 aliphatic rings. The number of nitro groups is 1. The molecule has 0 aliphatic carbocycles. The topological polar surface area (TPSA) is 136 Å². The maximum absolute atomic E-state index is 12.4. The summed E-state index contributed by atoms with van der Waals surface area (Å²) in [6.07, 6.45) is 0. The Balaban J connectivity index is 1.61. The van der Waals surface area contributed by atoms with Crippen LogP contribution in [0, 0.1) is 17.0 Å². The zero-order chi connectivity index (χ0) is 22.0. The molecule has 2 aromatic carbocycles. The van der Waals surface area contributed by atoms with Crippen molar-refractivity contribution in [3.05, 3.63) is 69.3 Å². The Morgan fingerprint density at radius 1 is 1.13 bits per heavy atom. The van der Waals surface area contributed by atoms with E-state index in [0.717, 1.165) is 4.90 Å². The molecule has 0 saturated heterocycles. The van der Waals surface area contributed by atoms with Gasteiger partial charge in [0.1, 0.15) is 6.04 Å². The molecule has 3 rings (SSSR count). The average molecular weight is 411 g/mol. The largest absolute Gasteiger partial charge is 0.454 e. The molecule has 10 heteroatoms. The molecular weight excluding hydrogens is 394 g/mol. The number of amides is 3. The summed E-state index contributed by atoms with van der Waals surface area (Å²) in [7, 11) is 0. The number of carbonyl (C=O) groups is 4. The Morgan fingerprint density at radius 2 is 1.73 bits per heavy atom. The van der Waals surface area contributed by atoms with Crippen molar-refractivity contribution in [2.75, 3.05) is 11.9 Å². The summed E-state index contributed by atoms with van der Waals surface area (Å²) in [5, 5.41) is 13.3. The zero-order valence-corrected chi connectivity index (χ0v) is 16.1. The van der Waals surface area contributed by atoms with Crippen LogP contribution in [0.1, 0.15) is 33.2 Å². The number of nitrogens with zero attached hydrogens (tertiary/aromatic N) is 2. The second-order valence-electron chi connectivity index (χ2n) is 6.61. The minimum absolute atomic E-state index is 0.195. The van der Waals surface area contributed by atoms with Gasteiger partial charge in [0, 0.05) is 12.1 Å². The summed E-state index contributed by atoms with van der Waals surface area (Å²) in [5.41, 5.74) is 0.979. The third-order valence-electron chi connectivity index (χ3n) is 4.61. The van der Waals surface area contributed by atoms with Gasteiger partial charge in [-0.3, -0.25) is 29.4 Å². The number of carbonyl (C=O) groups excluding carboxylic acids is 4. The second-order valence-corrected chi connectivity index (χ2v) is 6.61. The number of nitro benzene ring substituents is 1. The number of fused-ring (bicyclic) bond motifs is 1. The highest BCUT2D eigenvalue weighted by Gasteiger charge is 2.41. The van der Waals surface area contributed by atoms with E-state index in [0.29, 0.717) is 5.56 Å². The Labute approximate surface area is 170 Å². The van der Waals surface area contributed by atoms with Crippen molar-refractivity contribution in [3.8, 4) is 0 Å². The highest BCUT2D eigenvalue weighted by molar-refractivity contribution is 6.22. The number of esters is 1. The first kappa shape index (κ1) is 20.6. The molecular formula is C20H17N3O7. The van der Waals surface area contributed by atoms with Crippen molar-refractivity contribution in [3.63, 3.8) is 0 Å². The Hall–Kier alpha value is -4.08. The van der Waals surface area contributed by atoms with Gasteiger partial charge in [-0.2, -0.15) is 0 Å². The van der Waals surface area contributed by atoms with Crippen LogP contribution < -0.4 is 5.32 Å². The molecule has 1 aliphatic heterocycles. The van der Waals surface area contributed by atoms with Crippen LogP contribution in [0.2, 0.25) is 0 Å². The number of non-ortho nitro benzene ring substituents is 1. The van der Waals surface area contributed by atoms with E-state index in [9.17, 15) is 29.3 Å². The van der Waals surface area contributed by atoms with Gasteiger partial charge >= 0.3 is 5.97 Å². The van der Waals surface area contributed by atoms with E-state index in [4.69, 9.17) is 4.74 Å². The number of ether oxygens (including phenoxy) is 1. The minimum atomic E-state index is -1.23. The van der Waals surface area contributed by atoms with E-state index < -0.39 is 41.3 Å². The Bertz CT molecular complexity index is 1040. The molecule has 0 radical (unpaired) electrons. The van der Waals surface area contributed by atoms with Crippen LogP contribution in [0.4, 0.5) is 11.4 Å². The maximum Gasteiger partial charge on any atom is 0.329 e. The zero-order valence-electron chi connectivity index (χ0n) is 16.1. The Morgan fingerprint density at radius 3 is 2.30 bits per heavy atom. The van der Waals surface area contributed by atoms with E-state index in [1.807, 2.05) is 0 Å². The highest BCUT2D eigenvalue weighted by Crippen LogP contribution is 2.25. The SMILES string of the molecule is Cc1ccc([N+](=O)[O-])cc1NC(=O)COC(=O)[C@H](C)N1C(=O)c2ccccc2C1=O. The molecule has 2 aromatic rings. The molecule has 10 nitrogen and oxygen atoms in total. The van der Waals surface area contributed by atoms with Crippen LogP contribution in [0.3, 0.4) is 0 Å². The second kappa shape index (κ2) is 8.11. The van der Waals surface area contributed by atoms with Crippen LogP contribution in [0.5, 0.6) is 0 Å². The van der Waals surface area contributed by atoms with Gasteiger partial charge in [-0.25, -0.2) is 4.79 Å². The molecule has 0 spiro atoms. The molecule has 0 aromatic heterocycles. The lowest BCUT2D eigenvalue weighted by molar-refractivity contribution is -0.384. The number of benzene rings is 2. The van der Waals surface area contributed by atoms with E-state index in [2.05, 4.69) is 5.32 Å². The van der Waals surface area contributed by atoms with Crippen LogP contribution >= 0.6 is 0 Å². The first-order valence-corrected chi connectivity index (χ1v) is 8.89. The van der Waals surface area contributed by atoms with E-state index >= 15 is 0 Å². The van der Waals surface area contributed by atoms with E-state index in [1.165, 1.54) is 37.3 Å². The molecule has 0 saturated carbocycles. The number of hydrogen-bond acceptors (Lipinski definition) is 7. The van der Waals surface area contributed by atoms with E-state index in [1.54, 1.807) is 19.1 Å². The van der Waals surface area contributed by atoms with Crippen molar-refractivity contribution in [1.82, 2.24) is 4.90 Å². The predicted octanol–water partition coefficient (Wildman–Crippen LogP) is 2.07. The van der Waals surface area contributed by atoms with Gasteiger partial charge in [-0.1, -0.05) is 18.2 Å². The Kier molecular flexibility index (Phi) is 5.58. The van der Waals surface area contributed by atoms with Crippen molar-refractivity contribution in [2.24, 2.45) is 0 Å². The van der Waals surface area contributed by atoms with Gasteiger partial charge in [-0.15, -0.1) is 0 Å². The fourth-order valence-electron chi connectivity index (χ4n) is 2.97. The fourth-order valence-corrected chi connectivity index (χ4v) is 2.97. The number of imide groups is 1. The molecule has 1 heterocycles. The molecule has 0 fully saturated rings. The lowest BCUT2D eigenvalue weighted by atomic mass is 10.1. The number of hydrogen-bond donors (Lipinski definition) is 1. The number of anilines is 1. The van der Waals surface area contributed by atoms with E-state index in [-0.39, 0.29) is 22.5 Å². The normalized spacial score (nSPS) is 13.6. The van der Waals surface area contributed by atoms with Crippen LogP contribution in [-0.2, 0) is 14.3 Å². The molecule has 1 N–H and O–H groups in total. The van der Waals surface area contributed by atoms with Crippen LogP contribution in [0.25, 0.3) is 0 Å². The van der Waals surface area contributed by atoms with Crippen molar-refractivity contribution < 1.29 is 28.8 Å². The quantitative estimate of drug-likeness (QED) is 0.333. The standard InChI is InChI=1S/C20H17N3O7/c1-11-7-8-13(23(28)29)9-16(11)21-17(24)10-30-20(27)12(2)22-18(25)14-5-3-4-6-15(14)19(22)26/h3-9,12H,10H2,1-2H3,(H,21,24)/t12-/m0/s1. The third-order valence-corrected chi connectivity index (χ3v) is 4.61. The van der Waals surface area contributed by atoms with Crippen molar-refractivity contribution in [1.29, 1.82) is 0 Å². The summed E-state index contributed by atoms with van der Waals surface area (Å²) >= 11 is 0. The molecule has 0 unspecified atom stereocenters. The summed E-state index contributed by atoms with van der Waals surface area (Å²) < 4.78 is 4.93.